The van der Waals surface area contributed by atoms with Crippen molar-refractivity contribution in [3.05, 3.63) is 87.4 Å². The highest BCUT2D eigenvalue weighted by Gasteiger charge is 2.23. The van der Waals surface area contributed by atoms with Crippen LogP contribution in [0.15, 0.2) is 60.0 Å². The quantitative estimate of drug-likeness (QED) is 0.573. The molecule has 1 aliphatic rings. The lowest BCUT2D eigenvalue weighted by Crippen LogP contribution is -2.48. The number of ether oxygens (including phenoxy) is 1. The molecule has 1 saturated heterocycles. The Bertz CT molecular complexity index is 994. The Balaban J connectivity index is 1.28. The van der Waals surface area contributed by atoms with E-state index in [1.165, 1.54) is 23.5 Å². The second-order valence-electron chi connectivity index (χ2n) is 7.57. The molecular weight excluding hydrogens is 399 g/mol. The van der Waals surface area contributed by atoms with Crippen LogP contribution in [0.1, 0.15) is 26.4 Å². The highest BCUT2D eigenvalue weighted by molar-refractivity contribution is 7.12. The minimum absolute atomic E-state index is 0.0866. The number of nitrogens with zero attached hydrogens (tertiary/aromatic N) is 2. The zero-order valence-corrected chi connectivity index (χ0v) is 17.8. The average Bonchev–Trinajstić information content (AvgIpc) is 3.24. The maximum Gasteiger partial charge on any atom is 0.264 e. The van der Waals surface area contributed by atoms with E-state index in [-0.39, 0.29) is 11.7 Å². The van der Waals surface area contributed by atoms with Gasteiger partial charge in [-0.1, -0.05) is 30.3 Å². The molecule has 4 rings (SSSR count). The number of aryl methyl sites for hydroxylation is 1. The molecule has 0 unspecified atom stereocenters. The summed E-state index contributed by atoms with van der Waals surface area (Å²) >= 11 is 1.48. The van der Waals surface area contributed by atoms with Crippen LogP contribution in [0.5, 0.6) is 5.75 Å². The van der Waals surface area contributed by atoms with Gasteiger partial charge < -0.3 is 9.64 Å². The van der Waals surface area contributed by atoms with Gasteiger partial charge in [-0.25, -0.2) is 4.39 Å². The number of para-hydroxylation sites is 1. The summed E-state index contributed by atoms with van der Waals surface area (Å²) in [5.41, 5.74) is 3.21. The fourth-order valence-electron chi connectivity index (χ4n) is 3.56. The minimum Gasteiger partial charge on any atom is -0.489 e. The predicted octanol–water partition coefficient (Wildman–Crippen LogP) is 4.73. The summed E-state index contributed by atoms with van der Waals surface area (Å²) in [7, 11) is 0. The predicted molar refractivity (Wildman–Crippen MR) is 117 cm³/mol. The molecule has 3 aromatic rings. The Kier molecular flexibility index (Phi) is 6.45. The monoisotopic (exact) mass is 424 g/mol. The van der Waals surface area contributed by atoms with Crippen LogP contribution in [0.2, 0.25) is 0 Å². The van der Waals surface area contributed by atoms with Gasteiger partial charge >= 0.3 is 0 Å². The van der Waals surface area contributed by atoms with E-state index >= 15 is 0 Å². The van der Waals surface area contributed by atoms with E-state index in [9.17, 15) is 9.18 Å². The fourth-order valence-corrected chi connectivity index (χ4v) is 4.42. The molecule has 2 heterocycles. The van der Waals surface area contributed by atoms with Crippen molar-refractivity contribution < 1.29 is 13.9 Å². The van der Waals surface area contributed by atoms with E-state index in [1.54, 1.807) is 0 Å². The van der Waals surface area contributed by atoms with E-state index in [1.807, 2.05) is 59.7 Å². The first-order valence-corrected chi connectivity index (χ1v) is 11.0. The van der Waals surface area contributed by atoms with Crippen molar-refractivity contribution in [2.24, 2.45) is 0 Å². The number of hydrogen-bond donors (Lipinski definition) is 0. The van der Waals surface area contributed by atoms with Crippen LogP contribution < -0.4 is 4.74 Å². The maximum absolute atomic E-state index is 13.1. The normalized spacial score (nSPS) is 14.7. The molecule has 0 aliphatic carbocycles. The number of thiophene rings is 1. The first kappa shape index (κ1) is 20.6. The molecule has 6 heteroatoms. The number of amides is 1. The summed E-state index contributed by atoms with van der Waals surface area (Å²) in [6, 6.07) is 16.5. The third kappa shape index (κ3) is 5.07. The average molecular weight is 425 g/mol. The number of benzene rings is 2. The van der Waals surface area contributed by atoms with Crippen LogP contribution in [0, 0.1) is 12.7 Å². The zero-order valence-electron chi connectivity index (χ0n) is 17.0. The standard InChI is InChI=1S/C24H25FN2O2S/c1-18-4-2-3-5-22(18)29-16-20-14-23(30-17-20)24(28)27-12-10-26(11-13-27)15-19-6-8-21(25)9-7-19/h2-9,14,17H,10-13,15-16H2,1H3. The lowest BCUT2D eigenvalue weighted by Gasteiger charge is -2.34. The Morgan fingerprint density at radius 3 is 2.50 bits per heavy atom. The van der Waals surface area contributed by atoms with Crippen LogP contribution in [0.25, 0.3) is 0 Å². The van der Waals surface area contributed by atoms with Crippen LogP contribution in [0.4, 0.5) is 4.39 Å². The molecule has 0 saturated carbocycles. The van der Waals surface area contributed by atoms with Crippen molar-refractivity contribution in [3.63, 3.8) is 0 Å². The van der Waals surface area contributed by atoms with E-state index in [2.05, 4.69) is 4.90 Å². The van der Waals surface area contributed by atoms with Crippen molar-refractivity contribution in [3.8, 4) is 5.75 Å². The summed E-state index contributed by atoms with van der Waals surface area (Å²) in [4.78, 5) is 17.8. The first-order chi connectivity index (χ1) is 14.6. The van der Waals surface area contributed by atoms with Crippen molar-refractivity contribution in [1.29, 1.82) is 0 Å². The number of hydrogen-bond acceptors (Lipinski definition) is 4. The van der Waals surface area contributed by atoms with E-state index < -0.39 is 0 Å². The number of halogens is 1. The summed E-state index contributed by atoms with van der Waals surface area (Å²) in [6.45, 7) is 6.30. The van der Waals surface area contributed by atoms with Gasteiger partial charge in [-0.3, -0.25) is 9.69 Å². The summed E-state index contributed by atoms with van der Waals surface area (Å²) in [5.74, 6) is 0.742. The first-order valence-electron chi connectivity index (χ1n) is 10.1. The van der Waals surface area contributed by atoms with Gasteiger partial charge in [-0.2, -0.15) is 0 Å². The smallest absolute Gasteiger partial charge is 0.264 e. The second kappa shape index (κ2) is 9.41. The largest absolute Gasteiger partial charge is 0.489 e. The molecule has 1 aliphatic heterocycles. The topological polar surface area (TPSA) is 32.8 Å². The molecule has 30 heavy (non-hydrogen) atoms. The molecule has 1 amide bonds. The molecule has 0 radical (unpaired) electrons. The molecule has 4 nitrogen and oxygen atoms in total. The molecule has 0 N–H and O–H groups in total. The molecule has 1 fully saturated rings. The molecule has 0 atom stereocenters. The highest BCUT2D eigenvalue weighted by atomic mass is 32.1. The van der Waals surface area contributed by atoms with Gasteiger partial charge in [0, 0.05) is 38.3 Å². The summed E-state index contributed by atoms with van der Waals surface area (Å²) < 4.78 is 18.9. The van der Waals surface area contributed by atoms with E-state index in [0.717, 1.165) is 47.0 Å². The molecule has 0 bridgehead atoms. The van der Waals surface area contributed by atoms with E-state index in [0.29, 0.717) is 19.7 Å². The van der Waals surface area contributed by atoms with E-state index in [4.69, 9.17) is 4.74 Å². The second-order valence-corrected chi connectivity index (χ2v) is 8.48. The van der Waals surface area contributed by atoms with Crippen LogP contribution in [-0.2, 0) is 13.2 Å². The van der Waals surface area contributed by atoms with Crippen LogP contribution in [-0.4, -0.2) is 41.9 Å². The molecule has 156 valence electrons. The Morgan fingerprint density at radius 2 is 1.77 bits per heavy atom. The molecule has 2 aromatic carbocycles. The zero-order chi connectivity index (χ0) is 20.9. The lowest BCUT2D eigenvalue weighted by atomic mass is 10.2. The maximum atomic E-state index is 13.1. The minimum atomic E-state index is -0.214. The summed E-state index contributed by atoms with van der Waals surface area (Å²) in [5, 5.41) is 2.00. The van der Waals surface area contributed by atoms with Crippen molar-refractivity contribution in [2.45, 2.75) is 20.1 Å². The Labute approximate surface area is 180 Å². The van der Waals surface area contributed by atoms with Gasteiger partial charge in [0.2, 0.25) is 0 Å². The fraction of sp³-hybridized carbons (Fsp3) is 0.292. The van der Waals surface area contributed by atoms with Crippen LogP contribution in [0.3, 0.4) is 0 Å². The Hall–Kier alpha value is -2.70. The number of piperazine rings is 1. The van der Waals surface area contributed by atoms with Gasteiger partial charge in [-0.05, 0) is 47.7 Å². The molecule has 0 spiro atoms. The number of rotatable bonds is 6. The summed E-state index contributed by atoms with van der Waals surface area (Å²) in [6.07, 6.45) is 0. The lowest BCUT2D eigenvalue weighted by molar-refractivity contribution is 0.0633. The molecule has 1 aromatic heterocycles. The third-order valence-electron chi connectivity index (χ3n) is 5.33. The highest BCUT2D eigenvalue weighted by Crippen LogP contribution is 2.22. The van der Waals surface area contributed by atoms with Crippen LogP contribution >= 0.6 is 11.3 Å². The van der Waals surface area contributed by atoms with Gasteiger partial charge in [0.15, 0.2) is 0 Å². The van der Waals surface area contributed by atoms with Crippen molar-refractivity contribution >= 4 is 17.2 Å². The van der Waals surface area contributed by atoms with Gasteiger partial charge in [0.05, 0.1) is 4.88 Å². The van der Waals surface area contributed by atoms with Crippen molar-refractivity contribution in [2.75, 3.05) is 26.2 Å². The third-order valence-corrected chi connectivity index (χ3v) is 6.30. The number of carbonyl (C=O) groups is 1. The number of carbonyl (C=O) groups excluding carboxylic acids is 1. The Morgan fingerprint density at radius 1 is 1.03 bits per heavy atom. The SMILES string of the molecule is Cc1ccccc1OCc1csc(C(=O)N2CCN(Cc3ccc(F)cc3)CC2)c1. The molecular formula is C24H25FN2O2S. The van der Waals surface area contributed by atoms with Gasteiger partial charge in [0.25, 0.3) is 5.91 Å². The van der Waals surface area contributed by atoms with Gasteiger partial charge in [-0.15, -0.1) is 11.3 Å². The van der Waals surface area contributed by atoms with Gasteiger partial charge in [0.1, 0.15) is 18.2 Å². The van der Waals surface area contributed by atoms with Crippen molar-refractivity contribution in [1.82, 2.24) is 9.80 Å².